The lowest BCUT2D eigenvalue weighted by Crippen LogP contribution is -2.32. The van der Waals surface area contributed by atoms with Crippen molar-refractivity contribution in [2.45, 2.75) is 32.4 Å². The van der Waals surface area contributed by atoms with Gasteiger partial charge in [-0.3, -0.25) is 4.79 Å². The van der Waals surface area contributed by atoms with E-state index in [1.54, 1.807) is 24.3 Å². The van der Waals surface area contributed by atoms with Crippen LogP contribution in [-0.2, 0) is 11.2 Å². The summed E-state index contributed by atoms with van der Waals surface area (Å²) in [5.74, 6) is 0.526. The van der Waals surface area contributed by atoms with Crippen molar-refractivity contribution >= 4 is 17.5 Å². The lowest BCUT2D eigenvalue weighted by molar-refractivity contribution is -0.121. The molecule has 128 valence electrons. The minimum Gasteiger partial charge on any atom is -0.491 e. The molecule has 0 saturated heterocycles. The predicted octanol–water partition coefficient (Wildman–Crippen LogP) is 3.52. The van der Waals surface area contributed by atoms with Gasteiger partial charge in [-0.05, 0) is 37.6 Å². The molecule has 0 heterocycles. The van der Waals surface area contributed by atoms with E-state index in [0.29, 0.717) is 10.8 Å². The zero-order valence-corrected chi connectivity index (χ0v) is 14.6. The maximum absolute atomic E-state index is 12.4. The number of halogens is 1. The number of amides is 1. The Labute approximate surface area is 147 Å². The van der Waals surface area contributed by atoms with Crippen LogP contribution in [0.15, 0.2) is 48.5 Å². The minimum absolute atomic E-state index is 0.0356. The Balaban J connectivity index is 2.05. The van der Waals surface area contributed by atoms with Crippen molar-refractivity contribution in [1.82, 2.24) is 5.32 Å². The molecule has 0 radical (unpaired) electrons. The maximum atomic E-state index is 12.4. The number of benzene rings is 2. The van der Waals surface area contributed by atoms with Gasteiger partial charge in [-0.2, -0.15) is 0 Å². The first kappa shape index (κ1) is 18.3. The van der Waals surface area contributed by atoms with E-state index in [9.17, 15) is 9.90 Å². The van der Waals surface area contributed by atoms with Crippen molar-refractivity contribution in [3.05, 3.63) is 64.7 Å². The number of aliphatic hydroxyl groups excluding tert-OH is 1. The van der Waals surface area contributed by atoms with Crippen LogP contribution in [0.2, 0.25) is 5.02 Å². The number of nitrogens with one attached hydrogen (secondary N) is 1. The van der Waals surface area contributed by atoms with Crippen molar-refractivity contribution in [2.24, 2.45) is 0 Å². The average Bonchev–Trinajstić information content (AvgIpc) is 2.55. The molecule has 1 unspecified atom stereocenters. The normalized spacial score (nSPS) is 12.0. The molecule has 2 aromatic rings. The Bertz CT molecular complexity index is 671. The number of para-hydroxylation sites is 1. The number of hydrogen-bond donors (Lipinski definition) is 2. The molecule has 0 fully saturated rings. The highest BCUT2D eigenvalue weighted by Crippen LogP contribution is 2.21. The summed E-state index contributed by atoms with van der Waals surface area (Å²) in [4.78, 5) is 12.4. The van der Waals surface area contributed by atoms with Crippen LogP contribution in [0.5, 0.6) is 5.75 Å². The average molecular weight is 348 g/mol. The minimum atomic E-state index is -0.465. The fourth-order valence-electron chi connectivity index (χ4n) is 2.37. The zero-order chi connectivity index (χ0) is 17.5. The molecular weight excluding hydrogens is 326 g/mol. The van der Waals surface area contributed by atoms with Gasteiger partial charge in [0.25, 0.3) is 0 Å². The Morgan fingerprint density at radius 1 is 1.17 bits per heavy atom. The summed E-state index contributed by atoms with van der Waals surface area (Å²) in [5.41, 5.74) is 1.62. The fourth-order valence-corrected chi connectivity index (χ4v) is 2.49. The Kier molecular flexibility index (Phi) is 6.64. The zero-order valence-electron chi connectivity index (χ0n) is 13.8. The summed E-state index contributed by atoms with van der Waals surface area (Å²) >= 11 is 5.87. The van der Waals surface area contributed by atoms with Gasteiger partial charge >= 0.3 is 0 Å². The van der Waals surface area contributed by atoms with Gasteiger partial charge < -0.3 is 15.2 Å². The summed E-state index contributed by atoms with van der Waals surface area (Å²) in [6.07, 6.45) is 0.223. The van der Waals surface area contributed by atoms with Crippen molar-refractivity contribution < 1.29 is 14.6 Å². The standard InChI is InChI=1S/C19H22ClNO3/c1-13(2)24-18-6-4-3-5-15(18)11-19(23)21-17(12-22)14-7-9-16(20)10-8-14/h3-10,13,17,22H,11-12H2,1-2H3,(H,21,23). The molecule has 0 aliphatic heterocycles. The van der Waals surface area contributed by atoms with E-state index in [-0.39, 0.29) is 25.0 Å². The fraction of sp³-hybridized carbons (Fsp3) is 0.316. The highest BCUT2D eigenvalue weighted by atomic mass is 35.5. The molecule has 0 saturated carbocycles. The van der Waals surface area contributed by atoms with Crippen LogP contribution in [0.4, 0.5) is 0 Å². The van der Waals surface area contributed by atoms with E-state index < -0.39 is 6.04 Å². The SMILES string of the molecule is CC(C)Oc1ccccc1CC(=O)NC(CO)c1ccc(Cl)cc1. The molecule has 1 atom stereocenters. The monoisotopic (exact) mass is 347 g/mol. The van der Waals surface area contributed by atoms with E-state index in [2.05, 4.69) is 5.32 Å². The van der Waals surface area contributed by atoms with Crippen LogP contribution in [0, 0.1) is 0 Å². The van der Waals surface area contributed by atoms with Crippen LogP contribution in [0.1, 0.15) is 31.0 Å². The molecule has 0 spiro atoms. The van der Waals surface area contributed by atoms with Crippen molar-refractivity contribution in [3.63, 3.8) is 0 Å². The third-order valence-corrected chi connectivity index (χ3v) is 3.73. The first-order valence-electron chi connectivity index (χ1n) is 7.90. The van der Waals surface area contributed by atoms with E-state index in [4.69, 9.17) is 16.3 Å². The molecule has 0 bridgehead atoms. The quantitative estimate of drug-likeness (QED) is 0.805. The summed E-state index contributed by atoms with van der Waals surface area (Å²) < 4.78 is 5.73. The highest BCUT2D eigenvalue weighted by molar-refractivity contribution is 6.30. The third kappa shape index (κ3) is 5.25. The third-order valence-electron chi connectivity index (χ3n) is 3.48. The van der Waals surface area contributed by atoms with Gasteiger partial charge in [0.15, 0.2) is 0 Å². The van der Waals surface area contributed by atoms with Gasteiger partial charge in [0.05, 0.1) is 25.2 Å². The van der Waals surface area contributed by atoms with Crippen LogP contribution < -0.4 is 10.1 Å². The van der Waals surface area contributed by atoms with Crippen molar-refractivity contribution in [3.8, 4) is 5.75 Å². The van der Waals surface area contributed by atoms with Crippen LogP contribution in [0.25, 0.3) is 0 Å². The Morgan fingerprint density at radius 2 is 1.83 bits per heavy atom. The number of rotatable bonds is 7. The van der Waals surface area contributed by atoms with E-state index in [1.807, 2.05) is 38.1 Å². The smallest absolute Gasteiger partial charge is 0.225 e. The maximum Gasteiger partial charge on any atom is 0.225 e. The van der Waals surface area contributed by atoms with E-state index >= 15 is 0 Å². The molecule has 2 rings (SSSR count). The first-order chi connectivity index (χ1) is 11.5. The topological polar surface area (TPSA) is 58.6 Å². The second-order valence-electron chi connectivity index (χ2n) is 5.81. The van der Waals surface area contributed by atoms with Crippen molar-refractivity contribution in [1.29, 1.82) is 0 Å². The molecule has 4 nitrogen and oxygen atoms in total. The largest absolute Gasteiger partial charge is 0.491 e. The first-order valence-corrected chi connectivity index (χ1v) is 8.27. The molecule has 1 amide bonds. The summed E-state index contributed by atoms with van der Waals surface area (Å²) in [6.45, 7) is 3.70. The Hall–Kier alpha value is -2.04. The van der Waals surface area contributed by atoms with Gasteiger partial charge in [-0.25, -0.2) is 0 Å². The van der Waals surface area contributed by atoms with Crippen LogP contribution in [0.3, 0.4) is 0 Å². The molecule has 0 aliphatic carbocycles. The lowest BCUT2D eigenvalue weighted by atomic mass is 10.1. The molecule has 2 N–H and O–H groups in total. The summed E-state index contributed by atoms with van der Waals surface area (Å²) in [7, 11) is 0. The number of carbonyl (C=O) groups excluding carboxylic acids is 1. The van der Waals surface area contributed by atoms with Gasteiger partial charge in [0.2, 0.25) is 5.91 Å². The van der Waals surface area contributed by atoms with Crippen molar-refractivity contribution in [2.75, 3.05) is 6.61 Å². The Morgan fingerprint density at radius 3 is 2.46 bits per heavy atom. The molecule has 0 aromatic heterocycles. The number of hydrogen-bond acceptors (Lipinski definition) is 3. The molecule has 5 heteroatoms. The summed E-state index contributed by atoms with van der Waals surface area (Å²) in [5, 5.41) is 13.0. The van der Waals surface area contributed by atoms with Gasteiger partial charge in [-0.15, -0.1) is 0 Å². The molecule has 0 aliphatic rings. The highest BCUT2D eigenvalue weighted by Gasteiger charge is 2.16. The second kappa shape index (κ2) is 8.71. The van der Waals surface area contributed by atoms with Crippen LogP contribution in [-0.4, -0.2) is 23.7 Å². The van der Waals surface area contributed by atoms with E-state index in [1.165, 1.54) is 0 Å². The van der Waals surface area contributed by atoms with Gasteiger partial charge in [0, 0.05) is 10.6 Å². The lowest BCUT2D eigenvalue weighted by Gasteiger charge is -2.18. The number of ether oxygens (including phenoxy) is 1. The van der Waals surface area contributed by atoms with Gasteiger partial charge in [-0.1, -0.05) is 41.9 Å². The number of carbonyl (C=O) groups is 1. The second-order valence-corrected chi connectivity index (χ2v) is 6.24. The molecular formula is C19H22ClNO3. The molecule has 2 aromatic carbocycles. The molecule has 24 heavy (non-hydrogen) atoms. The van der Waals surface area contributed by atoms with Crippen LogP contribution >= 0.6 is 11.6 Å². The summed E-state index contributed by atoms with van der Waals surface area (Å²) in [6, 6.07) is 14.1. The van der Waals surface area contributed by atoms with Gasteiger partial charge in [0.1, 0.15) is 5.75 Å². The number of aliphatic hydroxyl groups is 1. The predicted molar refractivity (Wildman–Crippen MR) is 95.3 cm³/mol. The van der Waals surface area contributed by atoms with E-state index in [0.717, 1.165) is 11.1 Å².